The Morgan fingerprint density at radius 3 is 2.50 bits per heavy atom. The lowest BCUT2D eigenvalue weighted by Gasteiger charge is -2.11. The minimum atomic E-state index is 0.191. The fourth-order valence-corrected chi connectivity index (χ4v) is 3.55. The predicted molar refractivity (Wildman–Crippen MR) is 105 cm³/mol. The van der Waals surface area contributed by atoms with Crippen molar-refractivity contribution in [1.29, 1.82) is 0 Å². The van der Waals surface area contributed by atoms with Gasteiger partial charge in [0.2, 0.25) is 0 Å². The van der Waals surface area contributed by atoms with Crippen LogP contribution in [0.25, 0.3) is 11.4 Å². The Morgan fingerprint density at radius 1 is 1.04 bits per heavy atom. The van der Waals surface area contributed by atoms with Crippen molar-refractivity contribution in [2.45, 2.75) is 24.5 Å². The van der Waals surface area contributed by atoms with Crippen LogP contribution in [-0.4, -0.2) is 39.3 Å². The molecule has 136 valence electrons. The van der Waals surface area contributed by atoms with Crippen molar-refractivity contribution in [1.82, 2.24) is 14.8 Å². The molecule has 5 nitrogen and oxygen atoms in total. The third-order valence-electron chi connectivity index (χ3n) is 4.07. The second-order valence-electron chi connectivity index (χ2n) is 5.85. The molecule has 2 aromatic carbocycles. The molecule has 1 heterocycles. The summed E-state index contributed by atoms with van der Waals surface area (Å²) in [5.74, 6) is 2.50. The van der Waals surface area contributed by atoms with Gasteiger partial charge in [0.25, 0.3) is 0 Å². The Hall–Kier alpha value is -2.31. The lowest BCUT2D eigenvalue weighted by Crippen LogP contribution is -2.06. The number of hydrogen-bond acceptors (Lipinski definition) is 5. The Labute approximate surface area is 158 Å². The Kier molecular flexibility index (Phi) is 6.68. The average Bonchev–Trinajstić information content (AvgIpc) is 3.10. The molecule has 0 saturated heterocycles. The maximum Gasteiger partial charge on any atom is 0.191 e. The first-order valence-corrected chi connectivity index (χ1v) is 9.65. The highest BCUT2D eigenvalue weighted by atomic mass is 32.2. The lowest BCUT2D eigenvalue weighted by molar-refractivity contribution is 0.296. The van der Waals surface area contributed by atoms with Crippen molar-refractivity contribution in [3.05, 3.63) is 60.2 Å². The van der Waals surface area contributed by atoms with E-state index >= 15 is 0 Å². The SMILES string of the molecule is COc1ccc(-c2nnc(SCCCO)n2CCc2ccccc2)cc1. The van der Waals surface area contributed by atoms with Crippen molar-refractivity contribution in [3.8, 4) is 17.1 Å². The summed E-state index contributed by atoms with van der Waals surface area (Å²) in [5, 5.41) is 18.7. The maximum atomic E-state index is 9.03. The molecule has 3 rings (SSSR count). The Morgan fingerprint density at radius 2 is 1.81 bits per heavy atom. The maximum absolute atomic E-state index is 9.03. The van der Waals surface area contributed by atoms with Crippen LogP contribution in [0.1, 0.15) is 12.0 Å². The van der Waals surface area contributed by atoms with E-state index in [1.807, 2.05) is 30.3 Å². The number of aliphatic hydroxyl groups is 1. The molecule has 1 aromatic heterocycles. The van der Waals surface area contributed by atoms with Gasteiger partial charge in [0.1, 0.15) is 5.75 Å². The molecule has 0 atom stereocenters. The van der Waals surface area contributed by atoms with Crippen molar-refractivity contribution in [2.24, 2.45) is 0 Å². The molecule has 6 heteroatoms. The quantitative estimate of drug-likeness (QED) is 0.461. The number of rotatable bonds is 9. The molecule has 0 aliphatic heterocycles. The number of benzene rings is 2. The highest BCUT2D eigenvalue weighted by molar-refractivity contribution is 7.99. The summed E-state index contributed by atoms with van der Waals surface area (Å²) >= 11 is 1.63. The van der Waals surface area contributed by atoms with Gasteiger partial charge in [-0.05, 0) is 42.7 Å². The van der Waals surface area contributed by atoms with Gasteiger partial charge in [-0.1, -0.05) is 42.1 Å². The van der Waals surface area contributed by atoms with Crippen molar-refractivity contribution in [2.75, 3.05) is 19.5 Å². The van der Waals surface area contributed by atoms with Crippen LogP contribution in [0.5, 0.6) is 5.75 Å². The zero-order valence-electron chi connectivity index (χ0n) is 14.8. The van der Waals surface area contributed by atoms with Gasteiger partial charge in [-0.3, -0.25) is 0 Å². The number of ether oxygens (including phenoxy) is 1. The van der Waals surface area contributed by atoms with Crippen LogP contribution >= 0.6 is 11.8 Å². The van der Waals surface area contributed by atoms with E-state index in [4.69, 9.17) is 9.84 Å². The van der Waals surface area contributed by atoms with E-state index < -0.39 is 0 Å². The molecular formula is C20H23N3O2S. The minimum absolute atomic E-state index is 0.191. The largest absolute Gasteiger partial charge is 0.497 e. The van der Waals surface area contributed by atoms with Crippen molar-refractivity contribution in [3.63, 3.8) is 0 Å². The first kappa shape index (κ1) is 18.5. The smallest absolute Gasteiger partial charge is 0.191 e. The zero-order chi connectivity index (χ0) is 18.2. The number of nitrogens with zero attached hydrogens (tertiary/aromatic N) is 3. The summed E-state index contributed by atoms with van der Waals surface area (Å²) in [6.45, 7) is 0.996. The van der Waals surface area contributed by atoms with Gasteiger partial charge >= 0.3 is 0 Å². The fourth-order valence-electron chi connectivity index (χ4n) is 2.66. The highest BCUT2D eigenvalue weighted by Crippen LogP contribution is 2.26. The lowest BCUT2D eigenvalue weighted by atomic mass is 10.1. The number of aryl methyl sites for hydroxylation is 1. The van der Waals surface area contributed by atoms with Gasteiger partial charge in [-0.15, -0.1) is 10.2 Å². The second-order valence-corrected chi connectivity index (χ2v) is 6.91. The fraction of sp³-hybridized carbons (Fsp3) is 0.300. The molecule has 26 heavy (non-hydrogen) atoms. The second kappa shape index (κ2) is 9.40. The van der Waals surface area contributed by atoms with Gasteiger partial charge in [-0.25, -0.2) is 0 Å². The molecule has 1 N–H and O–H groups in total. The first-order valence-electron chi connectivity index (χ1n) is 8.67. The van der Waals surface area contributed by atoms with Crippen LogP contribution in [0.2, 0.25) is 0 Å². The first-order chi connectivity index (χ1) is 12.8. The Balaban J connectivity index is 1.84. The van der Waals surface area contributed by atoms with Crippen LogP contribution in [0.15, 0.2) is 59.8 Å². The van der Waals surface area contributed by atoms with E-state index in [9.17, 15) is 0 Å². The molecule has 0 aliphatic rings. The monoisotopic (exact) mass is 369 g/mol. The molecule has 0 amide bonds. The van der Waals surface area contributed by atoms with E-state index in [2.05, 4.69) is 39.0 Å². The van der Waals surface area contributed by atoms with Crippen LogP contribution in [-0.2, 0) is 13.0 Å². The van der Waals surface area contributed by atoms with Crippen molar-refractivity contribution >= 4 is 11.8 Å². The van der Waals surface area contributed by atoms with Crippen LogP contribution in [0.4, 0.5) is 0 Å². The average molecular weight is 369 g/mol. The van der Waals surface area contributed by atoms with Gasteiger partial charge in [0.05, 0.1) is 7.11 Å². The summed E-state index contributed by atoms with van der Waals surface area (Å²) in [7, 11) is 1.66. The minimum Gasteiger partial charge on any atom is -0.497 e. The topological polar surface area (TPSA) is 60.2 Å². The van der Waals surface area contributed by atoms with Gasteiger partial charge in [0, 0.05) is 24.5 Å². The van der Waals surface area contributed by atoms with E-state index in [0.717, 1.165) is 47.4 Å². The summed E-state index contributed by atoms with van der Waals surface area (Å²) < 4.78 is 7.40. The van der Waals surface area contributed by atoms with Gasteiger partial charge < -0.3 is 14.4 Å². The highest BCUT2D eigenvalue weighted by Gasteiger charge is 2.14. The van der Waals surface area contributed by atoms with Crippen LogP contribution < -0.4 is 4.74 Å². The molecule has 3 aromatic rings. The molecular weight excluding hydrogens is 346 g/mol. The van der Waals surface area contributed by atoms with Crippen molar-refractivity contribution < 1.29 is 9.84 Å². The van der Waals surface area contributed by atoms with Crippen LogP contribution in [0.3, 0.4) is 0 Å². The molecule has 0 radical (unpaired) electrons. The number of aromatic nitrogens is 3. The molecule has 0 saturated carbocycles. The van der Waals surface area contributed by atoms with E-state index in [0.29, 0.717) is 0 Å². The van der Waals surface area contributed by atoms with E-state index in [1.165, 1.54) is 5.56 Å². The predicted octanol–water partition coefficient (Wildman–Crippen LogP) is 3.67. The molecule has 0 aliphatic carbocycles. The Bertz CT molecular complexity index is 804. The molecule has 0 spiro atoms. The summed E-state index contributed by atoms with van der Waals surface area (Å²) in [6.07, 6.45) is 1.66. The van der Waals surface area contributed by atoms with Crippen LogP contribution in [0, 0.1) is 0 Å². The zero-order valence-corrected chi connectivity index (χ0v) is 15.7. The standard InChI is InChI=1S/C20H23N3O2S/c1-25-18-10-8-17(9-11-18)19-21-22-20(26-15-5-14-24)23(19)13-12-16-6-3-2-4-7-16/h2-4,6-11,24H,5,12-15H2,1H3. The third kappa shape index (κ3) is 4.65. The molecule has 0 unspecified atom stereocenters. The molecule has 0 bridgehead atoms. The van der Waals surface area contributed by atoms with Gasteiger partial charge in [0.15, 0.2) is 11.0 Å². The van der Waals surface area contributed by atoms with Gasteiger partial charge in [-0.2, -0.15) is 0 Å². The normalized spacial score (nSPS) is 10.8. The van der Waals surface area contributed by atoms with E-state index in [-0.39, 0.29) is 6.61 Å². The number of thioether (sulfide) groups is 1. The number of aliphatic hydroxyl groups excluding tert-OH is 1. The van der Waals surface area contributed by atoms with E-state index in [1.54, 1.807) is 18.9 Å². The molecule has 0 fully saturated rings. The number of methoxy groups -OCH3 is 1. The summed E-state index contributed by atoms with van der Waals surface area (Å²) in [4.78, 5) is 0. The summed E-state index contributed by atoms with van der Waals surface area (Å²) in [6, 6.07) is 18.3. The summed E-state index contributed by atoms with van der Waals surface area (Å²) in [5.41, 5.74) is 2.30. The third-order valence-corrected chi connectivity index (χ3v) is 5.12. The number of hydrogen-bond donors (Lipinski definition) is 1.